The zero-order valence-electron chi connectivity index (χ0n) is 16.7. The molecule has 0 saturated carbocycles. The van der Waals surface area contributed by atoms with Gasteiger partial charge >= 0.3 is 0 Å². The summed E-state index contributed by atoms with van der Waals surface area (Å²) < 4.78 is 36.9. The summed E-state index contributed by atoms with van der Waals surface area (Å²) in [6.07, 6.45) is 2.81. The fourth-order valence-electron chi connectivity index (χ4n) is 2.72. The second kappa shape index (κ2) is 10.6. The smallest absolute Gasteiger partial charge is 0.191 e. The van der Waals surface area contributed by atoms with Gasteiger partial charge in [-0.2, -0.15) is 0 Å². The van der Waals surface area contributed by atoms with Crippen molar-refractivity contribution in [3.05, 3.63) is 35.1 Å². The van der Waals surface area contributed by atoms with E-state index in [4.69, 9.17) is 0 Å². The van der Waals surface area contributed by atoms with Crippen molar-refractivity contribution in [2.75, 3.05) is 26.0 Å². The molecule has 0 fully saturated rings. The van der Waals surface area contributed by atoms with Crippen LogP contribution >= 0.6 is 0 Å². The monoisotopic (exact) mass is 401 g/mol. The van der Waals surface area contributed by atoms with E-state index in [2.05, 4.69) is 15.6 Å². The third-order valence-electron chi connectivity index (χ3n) is 4.80. The first kappa shape index (κ1) is 23.4. The number of nitrogens with one attached hydrogen (secondary N) is 2. The Hall–Kier alpha value is -1.67. The molecule has 0 unspecified atom stereocenters. The number of nitrogens with zero attached hydrogens (tertiary/aromatic N) is 1. The molecule has 6 nitrogen and oxygen atoms in total. The lowest BCUT2D eigenvalue weighted by Crippen LogP contribution is -2.44. The molecule has 0 aliphatic heterocycles. The Bertz CT molecular complexity index is 723. The Kier molecular flexibility index (Phi) is 9.18. The van der Waals surface area contributed by atoms with Gasteiger partial charge < -0.3 is 15.7 Å². The predicted molar refractivity (Wildman–Crippen MR) is 108 cm³/mol. The molecule has 0 aromatic heterocycles. The average molecular weight is 402 g/mol. The summed E-state index contributed by atoms with van der Waals surface area (Å²) in [4.78, 5) is 4.47. The van der Waals surface area contributed by atoms with Crippen LogP contribution in [0.4, 0.5) is 4.39 Å². The second-order valence-corrected chi connectivity index (χ2v) is 9.04. The molecule has 0 aliphatic rings. The van der Waals surface area contributed by atoms with Crippen molar-refractivity contribution in [1.82, 2.24) is 10.6 Å². The summed E-state index contributed by atoms with van der Waals surface area (Å²) in [5.41, 5.74) is 0.860. The van der Waals surface area contributed by atoms with E-state index in [0.717, 1.165) is 19.1 Å². The predicted octanol–water partition coefficient (Wildman–Crippen LogP) is 2.22. The van der Waals surface area contributed by atoms with Gasteiger partial charge in [-0.15, -0.1) is 0 Å². The van der Waals surface area contributed by atoms with Gasteiger partial charge in [-0.1, -0.05) is 19.9 Å². The molecule has 27 heavy (non-hydrogen) atoms. The van der Waals surface area contributed by atoms with Crippen molar-refractivity contribution in [2.24, 2.45) is 10.4 Å². The van der Waals surface area contributed by atoms with Gasteiger partial charge in [-0.3, -0.25) is 0 Å². The summed E-state index contributed by atoms with van der Waals surface area (Å²) in [6.45, 7) is 7.45. The van der Waals surface area contributed by atoms with Crippen LogP contribution in [0.5, 0.6) is 0 Å². The molecule has 1 aromatic rings. The molecule has 154 valence electrons. The molecule has 0 amide bonds. The fourth-order valence-corrected chi connectivity index (χ4v) is 3.57. The number of guanidine groups is 1. The second-order valence-electron chi connectivity index (χ2n) is 6.90. The van der Waals surface area contributed by atoms with Gasteiger partial charge in [0.05, 0.1) is 18.9 Å². The zero-order valence-corrected chi connectivity index (χ0v) is 17.5. The van der Waals surface area contributed by atoms with Gasteiger partial charge in [-0.25, -0.2) is 17.8 Å². The normalized spacial score (nSPS) is 12.9. The van der Waals surface area contributed by atoms with E-state index in [0.29, 0.717) is 30.2 Å². The standard InChI is InChI=1S/C19H32FN3O3S/c1-5-19(6-2,14-24)13-23-18(21-7-3)22-11-16-10-17(20)9-8-15(16)12-27(4,25)26/h8-10,24H,5-7,11-14H2,1-4H3,(H2,21,22,23). The van der Waals surface area contributed by atoms with Crippen LogP contribution in [-0.2, 0) is 22.1 Å². The van der Waals surface area contributed by atoms with E-state index in [1.807, 2.05) is 20.8 Å². The summed E-state index contributed by atoms with van der Waals surface area (Å²) in [5.74, 6) is -0.0278. The Morgan fingerprint density at radius 1 is 1.19 bits per heavy atom. The first-order valence-electron chi connectivity index (χ1n) is 9.26. The summed E-state index contributed by atoms with van der Waals surface area (Å²) in [5, 5.41) is 16.1. The lowest BCUT2D eigenvalue weighted by molar-refractivity contribution is 0.118. The van der Waals surface area contributed by atoms with Crippen molar-refractivity contribution >= 4 is 15.8 Å². The van der Waals surface area contributed by atoms with E-state index >= 15 is 0 Å². The number of aliphatic imine (C=N–C) groups is 1. The molecule has 0 atom stereocenters. The molecule has 0 heterocycles. The highest BCUT2D eigenvalue weighted by atomic mass is 32.2. The van der Waals surface area contributed by atoms with Crippen LogP contribution in [0.3, 0.4) is 0 Å². The van der Waals surface area contributed by atoms with Gasteiger partial charge in [0.15, 0.2) is 15.8 Å². The number of hydrogen-bond acceptors (Lipinski definition) is 4. The molecule has 3 N–H and O–H groups in total. The van der Waals surface area contributed by atoms with Crippen molar-refractivity contribution in [3.63, 3.8) is 0 Å². The maximum Gasteiger partial charge on any atom is 0.191 e. The van der Waals surface area contributed by atoms with Crippen molar-refractivity contribution in [2.45, 2.75) is 45.9 Å². The van der Waals surface area contributed by atoms with Crippen molar-refractivity contribution in [1.29, 1.82) is 0 Å². The highest BCUT2D eigenvalue weighted by Gasteiger charge is 2.25. The topological polar surface area (TPSA) is 90.8 Å². The molecule has 0 bridgehead atoms. The molecule has 0 saturated heterocycles. The van der Waals surface area contributed by atoms with Crippen LogP contribution in [0.1, 0.15) is 44.7 Å². The number of sulfone groups is 1. The minimum Gasteiger partial charge on any atom is -0.396 e. The Morgan fingerprint density at radius 3 is 2.37 bits per heavy atom. The fraction of sp³-hybridized carbons (Fsp3) is 0.632. The maximum atomic E-state index is 13.6. The largest absolute Gasteiger partial charge is 0.396 e. The van der Waals surface area contributed by atoms with E-state index in [-0.39, 0.29) is 24.3 Å². The number of benzene rings is 1. The summed E-state index contributed by atoms with van der Waals surface area (Å²) >= 11 is 0. The van der Waals surface area contributed by atoms with Crippen LogP contribution in [-0.4, -0.2) is 45.4 Å². The van der Waals surface area contributed by atoms with Crippen LogP contribution < -0.4 is 10.6 Å². The van der Waals surface area contributed by atoms with Crippen LogP contribution in [0.2, 0.25) is 0 Å². The SMILES string of the molecule is CCNC(=NCc1cc(F)ccc1CS(C)(=O)=O)NCC(CC)(CC)CO. The molecule has 0 aliphatic carbocycles. The average Bonchev–Trinajstić information content (AvgIpc) is 2.62. The lowest BCUT2D eigenvalue weighted by atomic mass is 9.83. The number of hydrogen-bond donors (Lipinski definition) is 3. The third-order valence-corrected chi connectivity index (χ3v) is 5.64. The first-order valence-corrected chi connectivity index (χ1v) is 11.3. The quantitative estimate of drug-likeness (QED) is 0.413. The first-order chi connectivity index (χ1) is 12.7. The highest BCUT2D eigenvalue weighted by Crippen LogP contribution is 2.24. The molecular weight excluding hydrogens is 369 g/mol. The number of aliphatic hydroxyl groups excluding tert-OH is 1. The molecule has 1 aromatic carbocycles. The van der Waals surface area contributed by atoms with Gasteiger partial charge in [0.25, 0.3) is 0 Å². The highest BCUT2D eigenvalue weighted by molar-refractivity contribution is 7.89. The minimum atomic E-state index is -3.23. The van der Waals surface area contributed by atoms with Crippen LogP contribution in [0.25, 0.3) is 0 Å². The maximum absolute atomic E-state index is 13.6. The van der Waals surface area contributed by atoms with E-state index in [1.54, 1.807) is 0 Å². The molecular formula is C19H32FN3O3S. The third kappa shape index (κ3) is 7.84. The molecule has 8 heteroatoms. The summed E-state index contributed by atoms with van der Waals surface area (Å²) in [6, 6.07) is 4.07. The van der Waals surface area contributed by atoms with Crippen molar-refractivity contribution < 1.29 is 17.9 Å². The van der Waals surface area contributed by atoms with Gasteiger partial charge in [0.2, 0.25) is 0 Å². The number of halogens is 1. The minimum absolute atomic E-state index is 0.0782. The van der Waals surface area contributed by atoms with Gasteiger partial charge in [-0.05, 0) is 43.0 Å². The Morgan fingerprint density at radius 2 is 1.85 bits per heavy atom. The zero-order chi connectivity index (χ0) is 20.5. The molecule has 0 radical (unpaired) electrons. The van der Waals surface area contributed by atoms with Crippen LogP contribution in [0, 0.1) is 11.2 Å². The Labute approximate surface area is 162 Å². The van der Waals surface area contributed by atoms with E-state index < -0.39 is 15.7 Å². The van der Waals surface area contributed by atoms with Crippen molar-refractivity contribution in [3.8, 4) is 0 Å². The lowest BCUT2D eigenvalue weighted by Gasteiger charge is -2.30. The summed E-state index contributed by atoms with van der Waals surface area (Å²) in [7, 11) is -3.23. The van der Waals surface area contributed by atoms with E-state index in [1.165, 1.54) is 18.2 Å². The van der Waals surface area contributed by atoms with Crippen LogP contribution in [0.15, 0.2) is 23.2 Å². The Balaban J connectivity index is 2.99. The van der Waals surface area contributed by atoms with Gasteiger partial charge in [0, 0.05) is 24.8 Å². The molecule has 1 rings (SSSR count). The van der Waals surface area contributed by atoms with Gasteiger partial charge in [0.1, 0.15) is 5.82 Å². The van der Waals surface area contributed by atoms with E-state index in [9.17, 15) is 17.9 Å². The number of aliphatic hydroxyl groups is 1. The number of rotatable bonds is 10. The molecule has 0 spiro atoms.